The molecule has 0 radical (unpaired) electrons. The van der Waals surface area contributed by atoms with E-state index in [1.54, 1.807) is 0 Å². The topological polar surface area (TPSA) is 35.6 Å². The molecule has 0 aliphatic rings. The van der Waals surface area contributed by atoms with Crippen LogP contribution in [0.4, 0.5) is 0 Å². The zero-order valence-electron chi connectivity index (χ0n) is 35.0. The molecular weight excluding hydrogens is 809 g/mol. The van der Waals surface area contributed by atoms with Gasteiger partial charge in [0.2, 0.25) is 0 Å². The Kier molecular flexibility index (Phi) is 7.82. The molecule has 4 heterocycles. The standard InChI is InChI=1S/C60H36N4S/c1-3-18-37(19-4-1)39-22-17-23-40(34-39)63-51-32-15-12-25-42(51)48-35-49-54(36-53(48)63)65-58-44-27-9-8-26-43(44)57-55(56(49)58)47-30-13-16-33-52(47)64(57)60-46-29-11-14-31-50(46)61-59(62-60)45-28-10-7-24-41(45)38-20-5-2-6-21-38/h1-36H. The highest BCUT2D eigenvalue weighted by molar-refractivity contribution is 7.27. The van der Waals surface area contributed by atoms with Gasteiger partial charge in [0.15, 0.2) is 5.82 Å². The molecule has 4 aromatic heterocycles. The average molecular weight is 845 g/mol. The molecule has 14 rings (SSSR count). The van der Waals surface area contributed by atoms with E-state index in [1.807, 2.05) is 11.3 Å². The van der Waals surface area contributed by atoms with Crippen molar-refractivity contribution >= 4 is 96.8 Å². The Morgan fingerprint density at radius 2 is 0.969 bits per heavy atom. The van der Waals surface area contributed by atoms with E-state index in [2.05, 4.69) is 228 Å². The minimum absolute atomic E-state index is 0.698. The number of rotatable bonds is 5. The monoisotopic (exact) mass is 844 g/mol. The van der Waals surface area contributed by atoms with Crippen molar-refractivity contribution in [3.05, 3.63) is 218 Å². The van der Waals surface area contributed by atoms with E-state index in [9.17, 15) is 0 Å². The Morgan fingerprint density at radius 1 is 0.354 bits per heavy atom. The average Bonchev–Trinajstić information content (AvgIpc) is 4.03. The van der Waals surface area contributed by atoms with E-state index < -0.39 is 0 Å². The van der Waals surface area contributed by atoms with Gasteiger partial charge in [-0.2, -0.15) is 0 Å². The molecule has 4 nitrogen and oxygen atoms in total. The fourth-order valence-electron chi connectivity index (χ4n) is 10.5. The van der Waals surface area contributed by atoms with Crippen molar-refractivity contribution in [2.75, 3.05) is 0 Å². The van der Waals surface area contributed by atoms with Crippen molar-refractivity contribution in [2.45, 2.75) is 0 Å². The first-order valence-electron chi connectivity index (χ1n) is 22.1. The summed E-state index contributed by atoms with van der Waals surface area (Å²) in [5.74, 6) is 1.57. The molecule has 0 N–H and O–H groups in total. The van der Waals surface area contributed by atoms with E-state index in [4.69, 9.17) is 9.97 Å². The summed E-state index contributed by atoms with van der Waals surface area (Å²) in [5, 5.41) is 10.9. The third kappa shape index (κ3) is 5.37. The highest BCUT2D eigenvalue weighted by Gasteiger charge is 2.25. The number of benzene rings is 10. The van der Waals surface area contributed by atoms with Gasteiger partial charge in [0.25, 0.3) is 0 Å². The number of aromatic nitrogens is 4. The lowest BCUT2D eigenvalue weighted by atomic mass is 9.99. The zero-order chi connectivity index (χ0) is 42.6. The van der Waals surface area contributed by atoms with Gasteiger partial charge in [-0.05, 0) is 70.8 Å². The van der Waals surface area contributed by atoms with Gasteiger partial charge in [-0.3, -0.25) is 4.57 Å². The molecule has 14 aromatic rings. The molecule has 10 aromatic carbocycles. The molecule has 0 amide bonds. The summed E-state index contributed by atoms with van der Waals surface area (Å²) < 4.78 is 7.44. The van der Waals surface area contributed by atoms with Crippen LogP contribution in [-0.2, 0) is 0 Å². The number of para-hydroxylation sites is 3. The second-order valence-corrected chi connectivity index (χ2v) is 17.9. The Hall–Kier alpha value is -8.38. The van der Waals surface area contributed by atoms with Crippen LogP contribution in [0.25, 0.3) is 131 Å². The molecule has 0 unspecified atom stereocenters. The Morgan fingerprint density at radius 3 is 1.77 bits per heavy atom. The summed E-state index contributed by atoms with van der Waals surface area (Å²) in [7, 11) is 0. The molecule has 0 aliphatic heterocycles. The second kappa shape index (κ2) is 14.1. The third-order valence-corrected chi connectivity index (χ3v) is 14.5. The molecule has 302 valence electrons. The lowest BCUT2D eigenvalue weighted by Crippen LogP contribution is -2.03. The predicted molar refractivity (Wildman–Crippen MR) is 275 cm³/mol. The quantitative estimate of drug-likeness (QED) is 0.173. The maximum atomic E-state index is 5.62. The van der Waals surface area contributed by atoms with Crippen LogP contribution in [0.15, 0.2) is 218 Å². The van der Waals surface area contributed by atoms with Crippen LogP contribution in [0.2, 0.25) is 0 Å². The smallest absolute Gasteiger partial charge is 0.162 e. The van der Waals surface area contributed by atoms with Gasteiger partial charge in [0.05, 0.1) is 27.6 Å². The van der Waals surface area contributed by atoms with Crippen LogP contribution in [0.3, 0.4) is 0 Å². The van der Waals surface area contributed by atoms with Crippen LogP contribution >= 0.6 is 11.3 Å². The Balaban J connectivity index is 1.09. The van der Waals surface area contributed by atoms with E-state index in [1.165, 1.54) is 74.6 Å². The summed E-state index contributed by atoms with van der Waals surface area (Å²) in [6.07, 6.45) is 0. The van der Waals surface area contributed by atoms with Gasteiger partial charge in [-0.15, -0.1) is 11.3 Å². The molecule has 0 aliphatic carbocycles. The van der Waals surface area contributed by atoms with Gasteiger partial charge in [-0.25, -0.2) is 9.97 Å². The van der Waals surface area contributed by atoms with Gasteiger partial charge < -0.3 is 4.57 Å². The molecule has 0 bridgehead atoms. The fraction of sp³-hybridized carbons (Fsp3) is 0. The van der Waals surface area contributed by atoms with E-state index in [0.717, 1.165) is 50.1 Å². The normalized spacial score (nSPS) is 12.0. The predicted octanol–water partition coefficient (Wildman–Crippen LogP) is 16.3. The molecule has 0 atom stereocenters. The van der Waals surface area contributed by atoms with Gasteiger partial charge in [-0.1, -0.05) is 170 Å². The largest absolute Gasteiger partial charge is 0.309 e. The number of fused-ring (bicyclic) bond motifs is 14. The van der Waals surface area contributed by atoms with E-state index >= 15 is 0 Å². The van der Waals surface area contributed by atoms with Crippen LogP contribution < -0.4 is 0 Å². The van der Waals surface area contributed by atoms with Crippen molar-refractivity contribution in [3.8, 4) is 45.1 Å². The van der Waals surface area contributed by atoms with Crippen molar-refractivity contribution < 1.29 is 0 Å². The van der Waals surface area contributed by atoms with E-state index in [-0.39, 0.29) is 0 Å². The van der Waals surface area contributed by atoms with Crippen molar-refractivity contribution in [1.82, 2.24) is 19.1 Å². The van der Waals surface area contributed by atoms with Crippen LogP contribution in [-0.4, -0.2) is 19.1 Å². The Labute approximate surface area is 377 Å². The summed E-state index contributed by atoms with van der Waals surface area (Å²) in [4.78, 5) is 10.9. The highest BCUT2D eigenvalue weighted by Crippen LogP contribution is 2.50. The first kappa shape index (κ1) is 36.1. The van der Waals surface area contributed by atoms with Crippen molar-refractivity contribution in [1.29, 1.82) is 0 Å². The fourth-order valence-corrected chi connectivity index (χ4v) is 11.7. The van der Waals surface area contributed by atoms with Crippen LogP contribution in [0.5, 0.6) is 0 Å². The molecular formula is C60H36N4S. The molecule has 5 heteroatoms. The SMILES string of the molecule is c1ccc(-c2cccc(-n3c4ccccc4c4cc5c(cc43)sc3c4ccccc4c4c(c6ccccc6n4-c4nc(-c6ccccc6-c6ccccc6)nc6ccccc46)c53)c2)cc1. The molecule has 0 saturated heterocycles. The Bertz CT molecular complexity index is 4240. The molecule has 0 spiro atoms. The van der Waals surface area contributed by atoms with Crippen molar-refractivity contribution in [3.63, 3.8) is 0 Å². The number of thiophene rings is 1. The second-order valence-electron chi connectivity index (χ2n) is 16.9. The molecule has 0 saturated carbocycles. The number of hydrogen-bond acceptors (Lipinski definition) is 3. The third-order valence-electron chi connectivity index (χ3n) is 13.3. The minimum Gasteiger partial charge on any atom is -0.309 e. The lowest BCUT2D eigenvalue weighted by Gasteiger charge is -2.15. The van der Waals surface area contributed by atoms with E-state index in [0.29, 0.717) is 5.82 Å². The number of nitrogens with zero attached hydrogens (tertiary/aromatic N) is 4. The van der Waals surface area contributed by atoms with Crippen LogP contribution in [0, 0.1) is 0 Å². The maximum absolute atomic E-state index is 5.62. The molecule has 0 fully saturated rings. The first-order chi connectivity index (χ1) is 32.3. The summed E-state index contributed by atoms with van der Waals surface area (Å²) >= 11 is 1.90. The summed E-state index contributed by atoms with van der Waals surface area (Å²) in [6, 6.07) is 78.8. The van der Waals surface area contributed by atoms with Gasteiger partial charge in [0, 0.05) is 69.1 Å². The van der Waals surface area contributed by atoms with Crippen LogP contribution in [0.1, 0.15) is 0 Å². The lowest BCUT2D eigenvalue weighted by molar-refractivity contribution is 1.08. The number of hydrogen-bond donors (Lipinski definition) is 0. The molecule has 65 heavy (non-hydrogen) atoms. The highest BCUT2D eigenvalue weighted by atomic mass is 32.1. The summed E-state index contributed by atoms with van der Waals surface area (Å²) in [6.45, 7) is 0. The summed E-state index contributed by atoms with van der Waals surface area (Å²) in [5.41, 5.74) is 12.4. The van der Waals surface area contributed by atoms with Crippen molar-refractivity contribution in [2.24, 2.45) is 0 Å². The first-order valence-corrected chi connectivity index (χ1v) is 22.9. The van der Waals surface area contributed by atoms with Gasteiger partial charge in [0.1, 0.15) is 5.82 Å². The maximum Gasteiger partial charge on any atom is 0.162 e. The minimum atomic E-state index is 0.698. The van der Waals surface area contributed by atoms with Gasteiger partial charge >= 0.3 is 0 Å². The zero-order valence-corrected chi connectivity index (χ0v) is 35.8.